The van der Waals surface area contributed by atoms with Crippen LogP contribution in [0.25, 0.3) is 11.6 Å². The lowest BCUT2D eigenvalue weighted by molar-refractivity contribution is 0.150. The molecule has 24 heavy (non-hydrogen) atoms. The van der Waals surface area contributed by atoms with Gasteiger partial charge in [-0.2, -0.15) is 4.98 Å². The van der Waals surface area contributed by atoms with Crippen LogP contribution in [0.5, 0.6) is 0 Å². The first-order valence-corrected chi connectivity index (χ1v) is 8.44. The van der Waals surface area contributed by atoms with Crippen molar-refractivity contribution in [2.75, 3.05) is 0 Å². The Morgan fingerprint density at radius 1 is 1.12 bits per heavy atom. The predicted molar refractivity (Wildman–Crippen MR) is 89.9 cm³/mol. The van der Waals surface area contributed by atoms with Gasteiger partial charge in [-0.05, 0) is 43.4 Å². The molecule has 0 N–H and O–H groups in total. The van der Waals surface area contributed by atoms with Gasteiger partial charge in [0.15, 0.2) is 5.76 Å². The van der Waals surface area contributed by atoms with Gasteiger partial charge in [-0.3, -0.25) is 4.90 Å². The van der Waals surface area contributed by atoms with Crippen LogP contribution in [0, 0.1) is 5.92 Å². The summed E-state index contributed by atoms with van der Waals surface area (Å²) in [6.45, 7) is 3.83. The van der Waals surface area contributed by atoms with Gasteiger partial charge in [0.2, 0.25) is 11.7 Å². The summed E-state index contributed by atoms with van der Waals surface area (Å²) < 4.78 is 10.8. The number of hydrogen-bond acceptors (Lipinski definition) is 5. The van der Waals surface area contributed by atoms with Gasteiger partial charge >= 0.3 is 0 Å². The Bertz CT molecular complexity index is 763. The van der Waals surface area contributed by atoms with Crippen LogP contribution >= 0.6 is 0 Å². The largest absolute Gasteiger partial charge is 0.461 e. The highest BCUT2D eigenvalue weighted by atomic mass is 16.5. The first-order chi connectivity index (χ1) is 11.8. The molecule has 124 valence electrons. The second kappa shape index (κ2) is 6.61. The van der Waals surface area contributed by atoms with Crippen LogP contribution in [-0.4, -0.2) is 21.1 Å². The first-order valence-electron chi connectivity index (χ1n) is 8.44. The Morgan fingerprint density at radius 2 is 1.96 bits per heavy atom. The van der Waals surface area contributed by atoms with E-state index in [1.165, 1.54) is 18.4 Å². The van der Waals surface area contributed by atoms with E-state index in [0.717, 1.165) is 12.5 Å². The van der Waals surface area contributed by atoms with Crippen molar-refractivity contribution in [3.8, 4) is 11.6 Å². The highest BCUT2D eigenvalue weighted by Crippen LogP contribution is 2.36. The molecule has 1 atom stereocenters. The molecule has 2 heterocycles. The van der Waals surface area contributed by atoms with E-state index in [1.807, 2.05) is 18.2 Å². The third kappa shape index (κ3) is 3.41. The van der Waals surface area contributed by atoms with Crippen LogP contribution in [0.15, 0.2) is 57.7 Å². The van der Waals surface area contributed by atoms with Crippen LogP contribution in [0.2, 0.25) is 0 Å². The molecule has 4 rings (SSSR count). The van der Waals surface area contributed by atoms with E-state index in [1.54, 1.807) is 6.26 Å². The van der Waals surface area contributed by atoms with Crippen LogP contribution in [-0.2, 0) is 13.1 Å². The summed E-state index contributed by atoms with van der Waals surface area (Å²) in [6, 6.07) is 14.7. The van der Waals surface area contributed by atoms with Crippen LogP contribution < -0.4 is 0 Å². The number of hydrogen-bond donors (Lipinski definition) is 0. The van der Waals surface area contributed by atoms with Gasteiger partial charge < -0.3 is 8.94 Å². The maximum absolute atomic E-state index is 5.44. The van der Waals surface area contributed by atoms with Crippen molar-refractivity contribution in [1.82, 2.24) is 15.0 Å². The Kier molecular flexibility index (Phi) is 4.17. The van der Waals surface area contributed by atoms with E-state index in [0.29, 0.717) is 30.1 Å². The molecule has 0 saturated heterocycles. The number of furan rings is 1. The van der Waals surface area contributed by atoms with Crippen molar-refractivity contribution in [2.24, 2.45) is 5.92 Å². The van der Waals surface area contributed by atoms with Gasteiger partial charge in [0.25, 0.3) is 0 Å². The van der Waals surface area contributed by atoms with E-state index < -0.39 is 0 Å². The molecular weight excluding hydrogens is 302 g/mol. The quantitative estimate of drug-likeness (QED) is 0.654. The maximum Gasteiger partial charge on any atom is 0.241 e. The average Bonchev–Trinajstić information content (AvgIpc) is 3.11. The normalized spacial score (nSPS) is 15.8. The Labute approximate surface area is 141 Å². The molecule has 5 nitrogen and oxygen atoms in total. The predicted octanol–water partition coefficient (Wildman–Crippen LogP) is 4.13. The standard InChI is InChI=1S/C19H21N3O2/c1-14(16-9-10-16)22(12-15-6-3-2-4-7-15)13-18-20-19(21-24-18)17-8-5-11-23-17/h2-8,11,14,16H,9-10,12-13H2,1H3. The summed E-state index contributed by atoms with van der Waals surface area (Å²) in [5, 5.41) is 4.03. The van der Waals surface area contributed by atoms with Crippen LogP contribution in [0.3, 0.4) is 0 Å². The summed E-state index contributed by atoms with van der Waals surface area (Å²) in [6.07, 6.45) is 4.24. The van der Waals surface area contributed by atoms with Crippen molar-refractivity contribution in [1.29, 1.82) is 0 Å². The van der Waals surface area contributed by atoms with E-state index in [-0.39, 0.29) is 0 Å². The minimum Gasteiger partial charge on any atom is -0.461 e. The second-order valence-electron chi connectivity index (χ2n) is 6.46. The fourth-order valence-electron chi connectivity index (χ4n) is 3.04. The van der Waals surface area contributed by atoms with Crippen molar-refractivity contribution in [2.45, 2.75) is 38.9 Å². The zero-order valence-electron chi connectivity index (χ0n) is 13.8. The molecule has 0 radical (unpaired) electrons. The van der Waals surface area contributed by atoms with Crippen LogP contribution in [0.4, 0.5) is 0 Å². The minimum absolute atomic E-state index is 0.504. The lowest BCUT2D eigenvalue weighted by Gasteiger charge is -2.27. The molecule has 1 fully saturated rings. The van der Waals surface area contributed by atoms with E-state index in [4.69, 9.17) is 8.94 Å². The van der Waals surface area contributed by atoms with Gasteiger partial charge in [0.1, 0.15) is 0 Å². The van der Waals surface area contributed by atoms with Crippen molar-refractivity contribution in [3.63, 3.8) is 0 Å². The Hall–Kier alpha value is -2.40. The topological polar surface area (TPSA) is 55.3 Å². The van der Waals surface area contributed by atoms with E-state index >= 15 is 0 Å². The number of rotatable bonds is 7. The molecule has 5 heteroatoms. The smallest absolute Gasteiger partial charge is 0.241 e. The molecule has 0 amide bonds. The van der Waals surface area contributed by atoms with E-state index in [2.05, 4.69) is 46.2 Å². The molecular formula is C19H21N3O2. The van der Waals surface area contributed by atoms with Gasteiger partial charge in [0.05, 0.1) is 12.8 Å². The molecule has 0 bridgehead atoms. The monoisotopic (exact) mass is 323 g/mol. The summed E-state index contributed by atoms with van der Waals surface area (Å²) in [5.74, 6) is 2.55. The Morgan fingerprint density at radius 3 is 2.67 bits per heavy atom. The highest BCUT2D eigenvalue weighted by molar-refractivity contribution is 5.44. The summed E-state index contributed by atoms with van der Waals surface area (Å²) >= 11 is 0. The number of nitrogens with zero attached hydrogens (tertiary/aromatic N) is 3. The molecule has 1 saturated carbocycles. The molecule has 1 aliphatic carbocycles. The zero-order valence-corrected chi connectivity index (χ0v) is 13.8. The lowest BCUT2D eigenvalue weighted by atomic mass is 10.1. The third-order valence-corrected chi connectivity index (χ3v) is 4.66. The first kappa shape index (κ1) is 15.1. The summed E-state index contributed by atoms with van der Waals surface area (Å²) in [5.41, 5.74) is 1.30. The van der Waals surface area contributed by atoms with Crippen molar-refractivity contribution in [3.05, 3.63) is 60.2 Å². The van der Waals surface area contributed by atoms with Crippen LogP contribution in [0.1, 0.15) is 31.2 Å². The Balaban J connectivity index is 1.51. The zero-order chi connectivity index (χ0) is 16.4. The minimum atomic E-state index is 0.504. The van der Waals surface area contributed by atoms with E-state index in [9.17, 15) is 0 Å². The SMILES string of the molecule is CC(C1CC1)N(Cc1ccccc1)Cc1nc(-c2ccco2)no1. The third-order valence-electron chi connectivity index (χ3n) is 4.66. The van der Waals surface area contributed by atoms with Gasteiger partial charge in [-0.25, -0.2) is 0 Å². The van der Waals surface area contributed by atoms with Crippen molar-refractivity contribution < 1.29 is 8.94 Å². The molecule has 0 aliphatic heterocycles. The molecule has 3 aromatic rings. The highest BCUT2D eigenvalue weighted by Gasteiger charge is 2.32. The molecule has 0 spiro atoms. The molecule has 1 aliphatic rings. The average molecular weight is 323 g/mol. The van der Waals surface area contributed by atoms with Gasteiger partial charge in [0, 0.05) is 12.6 Å². The number of benzene rings is 1. The van der Waals surface area contributed by atoms with Crippen molar-refractivity contribution >= 4 is 0 Å². The fourth-order valence-corrected chi connectivity index (χ4v) is 3.04. The summed E-state index contributed by atoms with van der Waals surface area (Å²) in [4.78, 5) is 6.91. The fraction of sp³-hybridized carbons (Fsp3) is 0.368. The maximum atomic E-state index is 5.44. The number of aromatic nitrogens is 2. The molecule has 1 unspecified atom stereocenters. The molecule has 2 aromatic heterocycles. The van der Waals surface area contributed by atoms with Gasteiger partial charge in [-0.15, -0.1) is 0 Å². The summed E-state index contributed by atoms with van der Waals surface area (Å²) in [7, 11) is 0. The van der Waals surface area contributed by atoms with Gasteiger partial charge in [-0.1, -0.05) is 35.5 Å². The molecule has 1 aromatic carbocycles. The second-order valence-corrected chi connectivity index (χ2v) is 6.46. The lowest BCUT2D eigenvalue weighted by Crippen LogP contribution is -2.33.